The number of benzene rings is 2. The van der Waals surface area contributed by atoms with Crippen molar-refractivity contribution in [3.8, 4) is 0 Å². The smallest absolute Gasteiger partial charge is 0.198 e. The molecule has 3 aromatic rings. The molecule has 0 saturated heterocycles. The zero-order valence-corrected chi connectivity index (χ0v) is 11.0. The lowest BCUT2D eigenvalue weighted by Gasteiger charge is -1.97. The van der Waals surface area contributed by atoms with Gasteiger partial charge in [0.1, 0.15) is 5.58 Å². The Kier molecular flexibility index (Phi) is 3.00. The van der Waals surface area contributed by atoms with Gasteiger partial charge in [-0.3, -0.25) is 0 Å². The third kappa shape index (κ3) is 2.10. The van der Waals surface area contributed by atoms with Crippen LogP contribution in [0.1, 0.15) is 25.3 Å². The summed E-state index contributed by atoms with van der Waals surface area (Å²) in [4.78, 5) is 0. The molecule has 96 valence electrons. The van der Waals surface area contributed by atoms with Crippen molar-refractivity contribution in [2.75, 3.05) is 5.73 Å². The van der Waals surface area contributed by atoms with Gasteiger partial charge in [-0.05, 0) is 29.3 Å². The molecule has 2 nitrogen and oxygen atoms in total. The molecular weight excluding hydrogens is 234 g/mol. The molecule has 1 heterocycles. The number of nitrogen functional groups attached to an aromatic ring is 1. The molecule has 0 atom stereocenters. The molecule has 2 N–H and O–H groups in total. The van der Waals surface area contributed by atoms with Crippen molar-refractivity contribution >= 4 is 33.7 Å². The topological polar surface area (TPSA) is 39.2 Å². The minimum absolute atomic E-state index is 0.498. The van der Waals surface area contributed by atoms with Crippen molar-refractivity contribution < 1.29 is 4.42 Å². The first kappa shape index (κ1) is 11.8. The first-order valence-corrected chi connectivity index (χ1v) is 6.67. The second-order valence-electron chi connectivity index (χ2n) is 4.77. The molecule has 0 spiro atoms. The molecule has 0 radical (unpaired) electrons. The number of hydrogen-bond donors (Lipinski definition) is 1. The molecule has 0 aliphatic heterocycles. The molecule has 1 aromatic heterocycles. The molecule has 0 aliphatic carbocycles. The molecular formula is C17H17NO. The summed E-state index contributed by atoms with van der Waals surface area (Å²) in [6, 6.07) is 12.5. The van der Waals surface area contributed by atoms with Crippen molar-refractivity contribution in [3.05, 3.63) is 48.0 Å². The van der Waals surface area contributed by atoms with Crippen LogP contribution >= 0.6 is 0 Å². The Bertz CT molecular complexity index is 752. The second kappa shape index (κ2) is 4.81. The van der Waals surface area contributed by atoms with Gasteiger partial charge in [-0.1, -0.05) is 49.8 Å². The standard InChI is InChI=1S/C17H17NO/c1-2-3-4-9-14-15-10-12-7-5-6-8-13(12)11-16(15)19-17(14)18/h4-11H,2-3,18H2,1H3/b9-4-. The summed E-state index contributed by atoms with van der Waals surface area (Å²) in [6.07, 6.45) is 6.41. The third-order valence-electron chi connectivity index (χ3n) is 3.36. The SMILES string of the molecule is CCC/C=C\c1c(N)oc2cc3ccccc3cc12. The molecule has 2 aromatic carbocycles. The summed E-state index contributed by atoms with van der Waals surface area (Å²) in [6.45, 7) is 2.16. The lowest BCUT2D eigenvalue weighted by atomic mass is 10.1. The zero-order chi connectivity index (χ0) is 13.2. The van der Waals surface area contributed by atoms with Crippen LogP contribution in [0, 0.1) is 0 Å². The quantitative estimate of drug-likeness (QED) is 0.712. The van der Waals surface area contributed by atoms with Gasteiger partial charge in [-0.2, -0.15) is 0 Å². The maximum absolute atomic E-state index is 5.98. The fourth-order valence-electron chi connectivity index (χ4n) is 2.36. The van der Waals surface area contributed by atoms with Gasteiger partial charge in [-0.15, -0.1) is 0 Å². The van der Waals surface area contributed by atoms with Crippen LogP contribution in [0.15, 0.2) is 46.9 Å². The summed E-state index contributed by atoms with van der Waals surface area (Å²) in [5.41, 5.74) is 7.83. The first-order chi connectivity index (χ1) is 9.29. The van der Waals surface area contributed by atoms with E-state index in [1.165, 1.54) is 10.8 Å². The van der Waals surface area contributed by atoms with Crippen molar-refractivity contribution in [1.82, 2.24) is 0 Å². The lowest BCUT2D eigenvalue weighted by molar-refractivity contribution is 0.637. The molecule has 0 amide bonds. The van der Waals surface area contributed by atoms with E-state index < -0.39 is 0 Å². The lowest BCUT2D eigenvalue weighted by Crippen LogP contribution is -1.82. The van der Waals surface area contributed by atoms with E-state index >= 15 is 0 Å². The highest BCUT2D eigenvalue weighted by molar-refractivity contribution is 6.01. The molecule has 0 fully saturated rings. The monoisotopic (exact) mass is 251 g/mol. The molecule has 3 rings (SSSR count). The Morgan fingerprint density at radius 2 is 1.89 bits per heavy atom. The fraction of sp³-hybridized carbons (Fsp3) is 0.176. The minimum Gasteiger partial charge on any atom is -0.440 e. The maximum Gasteiger partial charge on any atom is 0.198 e. The van der Waals surface area contributed by atoms with Crippen LogP contribution in [-0.4, -0.2) is 0 Å². The Hall–Kier alpha value is -2.22. The number of rotatable bonds is 3. The molecule has 0 bridgehead atoms. The van der Waals surface area contributed by atoms with Crippen LogP contribution in [0.25, 0.3) is 27.8 Å². The van der Waals surface area contributed by atoms with Gasteiger partial charge in [-0.25, -0.2) is 0 Å². The van der Waals surface area contributed by atoms with E-state index in [1.54, 1.807) is 0 Å². The molecule has 0 aliphatic rings. The first-order valence-electron chi connectivity index (χ1n) is 6.67. The van der Waals surface area contributed by atoms with Crippen LogP contribution in [0.4, 0.5) is 5.88 Å². The van der Waals surface area contributed by atoms with Crippen molar-refractivity contribution in [2.24, 2.45) is 0 Å². The Balaban J connectivity index is 2.21. The fourth-order valence-corrected chi connectivity index (χ4v) is 2.36. The summed E-state index contributed by atoms with van der Waals surface area (Å²) >= 11 is 0. The maximum atomic E-state index is 5.98. The van der Waals surface area contributed by atoms with Gasteiger partial charge in [0.25, 0.3) is 0 Å². The molecule has 0 saturated carbocycles. The van der Waals surface area contributed by atoms with Gasteiger partial charge in [0.2, 0.25) is 0 Å². The molecule has 19 heavy (non-hydrogen) atoms. The highest BCUT2D eigenvalue weighted by Gasteiger charge is 2.10. The number of furan rings is 1. The van der Waals surface area contributed by atoms with E-state index in [9.17, 15) is 0 Å². The predicted octanol–water partition coefficient (Wildman–Crippen LogP) is 4.98. The number of hydrogen-bond acceptors (Lipinski definition) is 2. The molecule has 2 heteroatoms. The summed E-state index contributed by atoms with van der Waals surface area (Å²) in [7, 11) is 0. The summed E-state index contributed by atoms with van der Waals surface area (Å²) in [5, 5.41) is 3.47. The summed E-state index contributed by atoms with van der Waals surface area (Å²) < 4.78 is 5.66. The van der Waals surface area contributed by atoms with Gasteiger partial charge >= 0.3 is 0 Å². The van der Waals surface area contributed by atoms with Gasteiger partial charge in [0.15, 0.2) is 5.88 Å². The number of unbranched alkanes of at least 4 members (excludes halogenated alkanes) is 1. The third-order valence-corrected chi connectivity index (χ3v) is 3.36. The normalized spacial score (nSPS) is 11.8. The number of nitrogens with two attached hydrogens (primary N) is 1. The predicted molar refractivity (Wildman–Crippen MR) is 82.1 cm³/mol. The number of allylic oxidation sites excluding steroid dienone is 1. The number of fused-ring (bicyclic) bond motifs is 2. The van der Waals surface area contributed by atoms with Crippen LogP contribution in [0.2, 0.25) is 0 Å². The minimum atomic E-state index is 0.498. The van der Waals surface area contributed by atoms with Gasteiger partial charge < -0.3 is 10.2 Å². The van der Waals surface area contributed by atoms with E-state index in [4.69, 9.17) is 10.2 Å². The Morgan fingerprint density at radius 3 is 2.63 bits per heavy atom. The van der Waals surface area contributed by atoms with Crippen molar-refractivity contribution in [1.29, 1.82) is 0 Å². The van der Waals surface area contributed by atoms with E-state index in [2.05, 4.69) is 43.3 Å². The molecule has 0 unspecified atom stereocenters. The van der Waals surface area contributed by atoms with E-state index in [0.717, 1.165) is 29.4 Å². The van der Waals surface area contributed by atoms with E-state index in [1.807, 2.05) is 12.1 Å². The van der Waals surface area contributed by atoms with E-state index in [-0.39, 0.29) is 0 Å². The van der Waals surface area contributed by atoms with Crippen molar-refractivity contribution in [2.45, 2.75) is 19.8 Å². The zero-order valence-electron chi connectivity index (χ0n) is 11.0. The van der Waals surface area contributed by atoms with E-state index in [0.29, 0.717) is 5.88 Å². The summed E-state index contributed by atoms with van der Waals surface area (Å²) in [5.74, 6) is 0.498. The van der Waals surface area contributed by atoms with Crippen LogP contribution in [0.5, 0.6) is 0 Å². The average Bonchev–Trinajstić information content (AvgIpc) is 2.72. The van der Waals surface area contributed by atoms with Crippen molar-refractivity contribution in [3.63, 3.8) is 0 Å². The van der Waals surface area contributed by atoms with Gasteiger partial charge in [0, 0.05) is 10.9 Å². The van der Waals surface area contributed by atoms with Crippen LogP contribution in [-0.2, 0) is 0 Å². The largest absolute Gasteiger partial charge is 0.440 e. The second-order valence-corrected chi connectivity index (χ2v) is 4.77. The van der Waals surface area contributed by atoms with Crippen LogP contribution < -0.4 is 5.73 Å². The van der Waals surface area contributed by atoms with Gasteiger partial charge in [0.05, 0.1) is 0 Å². The highest BCUT2D eigenvalue weighted by Crippen LogP contribution is 2.32. The average molecular weight is 251 g/mol. The number of anilines is 1. The Labute approximate surface area is 112 Å². The van der Waals surface area contributed by atoms with Crippen LogP contribution in [0.3, 0.4) is 0 Å². The Morgan fingerprint density at radius 1 is 1.16 bits per heavy atom. The highest BCUT2D eigenvalue weighted by atomic mass is 16.3.